The van der Waals surface area contributed by atoms with Crippen molar-refractivity contribution in [3.63, 3.8) is 0 Å². The Hall–Kier alpha value is -1.88. The molecule has 2 rings (SSSR count). The van der Waals surface area contributed by atoms with E-state index in [-0.39, 0.29) is 12.3 Å². The lowest BCUT2D eigenvalue weighted by atomic mass is 9.82. The molecule has 1 aliphatic carbocycles. The average Bonchev–Trinajstić information content (AvgIpc) is 2.56. The number of hydrogen-bond acceptors (Lipinski definition) is 5. The molecule has 1 saturated carbocycles. The van der Waals surface area contributed by atoms with Crippen LogP contribution in [0.1, 0.15) is 49.7 Å². The van der Waals surface area contributed by atoms with Gasteiger partial charge in [0, 0.05) is 12.7 Å². The molecule has 1 aliphatic rings. The molecule has 5 nitrogen and oxygen atoms in total. The summed E-state index contributed by atoms with van der Waals surface area (Å²) in [5.41, 5.74) is 1.76. The zero-order valence-electron chi connectivity index (χ0n) is 13.1. The topological polar surface area (TPSA) is 68.1 Å². The van der Waals surface area contributed by atoms with E-state index < -0.39 is 5.97 Å². The zero-order chi connectivity index (χ0) is 15.9. The number of nitrogens with zero attached hydrogens (tertiary/aromatic N) is 1. The Morgan fingerprint density at radius 3 is 2.36 bits per heavy atom. The average molecular weight is 305 g/mol. The molecule has 0 unspecified atom stereocenters. The maximum Gasteiger partial charge on any atom is 0.361 e. The van der Waals surface area contributed by atoms with Crippen molar-refractivity contribution in [1.82, 2.24) is 0 Å². The van der Waals surface area contributed by atoms with Gasteiger partial charge in [0.1, 0.15) is 0 Å². The molecule has 0 spiro atoms. The number of oxime groups is 1. The summed E-state index contributed by atoms with van der Waals surface area (Å²) in [6, 6.07) is 7.61. The highest BCUT2D eigenvalue weighted by Crippen LogP contribution is 2.33. The first-order valence-electron chi connectivity index (χ1n) is 7.71. The summed E-state index contributed by atoms with van der Waals surface area (Å²) in [6.45, 7) is 1.96. The van der Waals surface area contributed by atoms with Crippen molar-refractivity contribution in [2.75, 3.05) is 13.7 Å². The molecule has 0 bridgehead atoms. The van der Waals surface area contributed by atoms with E-state index in [1.807, 2.05) is 24.3 Å². The van der Waals surface area contributed by atoms with Crippen molar-refractivity contribution in [1.29, 1.82) is 0 Å². The second-order valence-electron chi connectivity index (χ2n) is 5.50. The van der Waals surface area contributed by atoms with E-state index in [1.54, 1.807) is 14.0 Å². The number of esters is 1. The Balaban J connectivity index is 2.05. The Morgan fingerprint density at radius 1 is 1.23 bits per heavy atom. The first-order valence-corrected chi connectivity index (χ1v) is 7.71. The van der Waals surface area contributed by atoms with Gasteiger partial charge in [-0.05, 0) is 44.1 Å². The maximum absolute atomic E-state index is 11.7. The van der Waals surface area contributed by atoms with Gasteiger partial charge >= 0.3 is 5.97 Å². The third-order valence-corrected chi connectivity index (χ3v) is 4.23. The molecule has 0 radical (unpaired) electrons. The summed E-state index contributed by atoms with van der Waals surface area (Å²) in [6.07, 6.45) is 4.75. The van der Waals surface area contributed by atoms with Crippen molar-refractivity contribution >= 4 is 11.7 Å². The van der Waals surface area contributed by atoms with Crippen LogP contribution in [0, 0.1) is 0 Å². The van der Waals surface area contributed by atoms with Gasteiger partial charge < -0.3 is 14.7 Å². The molecule has 0 saturated heterocycles. The van der Waals surface area contributed by atoms with E-state index in [4.69, 9.17) is 14.7 Å². The van der Waals surface area contributed by atoms with Gasteiger partial charge in [0.05, 0.1) is 12.7 Å². The summed E-state index contributed by atoms with van der Waals surface area (Å²) in [5, 5.41) is 12.1. The van der Waals surface area contributed by atoms with Crippen LogP contribution >= 0.6 is 0 Å². The quantitative estimate of drug-likeness (QED) is 0.393. The Bertz CT molecular complexity index is 516. The fourth-order valence-electron chi connectivity index (χ4n) is 2.96. The molecular formula is C17H23NO4. The summed E-state index contributed by atoms with van der Waals surface area (Å²) >= 11 is 0. The highest BCUT2D eigenvalue weighted by atomic mass is 16.5. The van der Waals surface area contributed by atoms with Crippen LogP contribution in [0.5, 0.6) is 0 Å². The lowest BCUT2D eigenvalue weighted by molar-refractivity contribution is -0.135. The number of carbonyl (C=O) groups excluding carboxylic acids is 1. The highest BCUT2D eigenvalue weighted by Gasteiger charge is 2.22. The fourth-order valence-corrected chi connectivity index (χ4v) is 2.96. The van der Waals surface area contributed by atoms with Crippen LogP contribution in [-0.4, -0.2) is 36.7 Å². The van der Waals surface area contributed by atoms with Crippen molar-refractivity contribution < 1.29 is 19.5 Å². The molecule has 0 aliphatic heterocycles. The molecule has 120 valence electrons. The molecule has 0 amide bonds. The minimum atomic E-state index is -0.613. The minimum Gasteiger partial charge on any atom is -0.461 e. The van der Waals surface area contributed by atoms with E-state index in [0.29, 0.717) is 17.6 Å². The second kappa shape index (κ2) is 7.94. The molecule has 1 N–H and O–H groups in total. The molecule has 0 atom stereocenters. The monoisotopic (exact) mass is 305 g/mol. The smallest absolute Gasteiger partial charge is 0.361 e. The highest BCUT2D eigenvalue weighted by molar-refractivity contribution is 6.43. The van der Waals surface area contributed by atoms with Crippen molar-refractivity contribution in [3.8, 4) is 0 Å². The molecule has 0 aromatic heterocycles. The normalized spacial score (nSPS) is 22.4. The number of hydrogen-bond donors (Lipinski definition) is 1. The standard InChI is InChI=1S/C17H23NO4/c1-3-22-17(19)16(18-20)14-6-4-12(5-7-14)13-8-10-15(21-2)11-9-13/h4-7,13,15,20H,3,8-11H2,1-2H3/b18-16+. The lowest BCUT2D eigenvalue weighted by Gasteiger charge is -2.27. The zero-order valence-corrected chi connectivity index (χ0v) is 13.1. The van der Waals surface area contributed by atoms with Crippen LogP contribution in [0.15, 0.2) is 29.4 Å². The van der Waals surface area contributed by atoms with Gasteiger partial charge in [-0.25, -0.2) is 4.79 Å². The van der Waals surface area contributed by atoms with Crippen LogP contribution in [0.25, 0.3) is 0 Å². The number of methoxy groups -OCH3 is 1. The van der Waals surface area contributed by atoms with E-state index in [9.17, 15) is 4.79 Å². The van der Waals surface area contributed by atoms with Crippen LogP contribution in [-0.2, 0) is 14.3 Å². The van der Waals surface area contributed by atoms with Gasteiger partial charge in [0.2, 0.25) is 0 Å². The first kappa shape index (κ1) is 16.5. The summed E-state index contributed by atoms with van der Waals surface area (Å²) < 4.78 is 10.3. The Labute approximate surface area is 130 Å². The van der Waals surface area contributed by atoms with Gasteiger partial charge in [0.25, 0.3) is 0 Å². The van der Waals surface area contributed by atoms with Crippen molar-refractivity contribution in [2.24, 2.45) is 5.16 Å². The number of carbonyl (C=O) groups is 1. The first-order chi connectivity index (χ1) is 10.7. The van der Waals surface area contributed by atoms with E-state index in [1.165, 1.54) is 5.56 Å². The SMILES string of the molecule is CCOC(=O)/C(=N/O)c1ccc(C2CCC(OC)CC2)cc1. The molecule has 22 heavy (non-hydrogen) atoms. The van der Waals surface area contributed by atoms with E-state index >= 15 is 0 Å². The van der Waals surface area contributed by atoms with E-state index in [0.717, 1.165) is 25.7 Å². The largest absolute Gasteiger partial charge is 0.461 e. The van der Waals surface area contributed by atoms with Gasteiger partial charge in [-0.1, -0.05) is 29.4 Å². The Kier molecular flexibility index (Phi) is 5.95. The predicted octanol–water partition coefficient (Wildman–Crippen LogP) is 3.10. The van der Waals surface area contributed by atoms with Gasteiger partial charge in [0.15, 0.2) is 5.71 Å². The van der Waals surface area contributed by atoms with E-state index in [2.05, 4.69) is 5.16 Å². The van der Waals surface area contributed by atoms with Crippen LogP contribution < -0.4 is 0 Å². The molecule has 1 aromatic carbocycles. The van der Waals surface area contributed by atoms with Crippen LogP contribution in [0.4, 0.5) is 0 Å². The third kappa shape index (κ3) is 3.85. The van der Waals surface area contributed by atoms with Crippen LogP contribution in [0.2, 0.25) is 0 Å². The molecule has 5 heteroatoms. The summed E-state index contributed by atoms with van der Waals surface area (Å²) in [7, 11) is 1.77. The molecular weight excluding hydrogens is 282 g/mol. The van der Waals surface area contributed by atoms with Gasteiger partial charge in [-0.3, -0.25) is 0 Å². The number of benzene rings is 1. The summed E-state index contributed by atoms with van der Waals surface area (Å²) in [5.74, 6) is -0.0871. The third-order valence-electron chi connectivity index (χ3n) is 4.23. The predicted molar refractivity (Wildman–Crippen MR) is 83.4 cm³/mol. The van der Waals surface area contributed by atoms with Gasteiger partial charge in [-0.15, -0.1) is 0 Å². The maximum atomic E-state index is 11.7. The van der Waals surface area contributed by atoms with Crippen molar-refractivity contribution in [2.45, 2.75) is 44.6 Å². The fraction of sp³-hybridized carbons (Fsp3) is 0.529. The van der Waals surface area contributed by atoms with Crippen molar-refractivity contribution in [3.05, 3.63) is 35.4 Å². The summed E-state index contributed by atoms with van der Waals surface area (Å²) in [4.78, 5) is 11.7. The number of rotatable bonds is 5. The van der Waals surface area contributed by atoms with Crippen LogP contribution in [0.3, 0.4) is 0 Å². The van der Waals surface area contributed by atoms with Gasteiger partial charge in [-0.2, -0.15) is 0 Å². The molecule has 1 aromatic rings. The molecule has 0 heterocycles. The minimum absolute atomic E-state index is 0.0588. The molecule has 1 fully saturated rings. The number of ether oxygens (including phenoxy) is 2. The Morgan fingerprint density at radius 2 is 1.86 bits per heavy atom. The second-order valence-corrected chi connectivity index (χ2v) is 5.50. The lowest BCUT2D eigenvalue weighted by Crippen LogP contribution is -2.20.